The molecule has 0 saturated carbocycles. The molecular formula is C12H20ClNO3. The molecule has 2 heterocycles. The van der Waals surface area contributed by atoms with Crippen LogP contribution in [0.3, 0.4) is 0 Å². The molecule has 4 nitrogen and oxygen atoms in total. The van der Waals surface area contributed by atoms with Gasteiger partial charge in [0.1, 0.15) is 5.88 Å². The summed E-state index contributed by atoms with van der Waals surface area (Å²) in [5.74, 6) is 0.0675. The monoisotopic (exact) mass is 261 g/mol. The predicted octanol–water partition coefficient (Wildman–Crippen LogP) is 1.41. The zero-order valence-corrected chi connectivity index (χ0v) is 11.0. The van der Waals surface area contributed by atoms with Crippen molar-refractivity contribution in [3.63, 3.8) is 0 Å². The number of carbonyl (C=O) groups excluding carboxylic acids is 1. The topological polar surface area (TPSA) is 38.8 Å². The molecule has 1 spiro atoms. The van der Waals surface area contributed by atoms with E-state index in [1.807, 2.05) is 4.90 Å². The second-order valence-electron chi connectivity index (χ2n) is 4.93. The quantitative estimate of drug-likeness (QED) is 0.706. The molecule has 0 aromatic carbocycles. The van der Waals surface area contributed by atoms with Crippen LogP contribution in [0.25, 0.3) is 0 Å². The summed E-state index contributed by atoms with van der Waals surface area (Å²) >= 11 is 5.61. The average molecular weight is 262 g/mol. The van der Waals surface area contributed by atoms with Crippen LogP contribution >= 0.6 is 11.6 Å². The molecule has 0 unspecified atom stereocenters. The van der Waals surface area contributed by atoms with Crippen LogP contribution in [-0.4, -0.2) is 55.2 Å². The molecule has 1 amide bonds. The van der Waals surface area contributed by atoms with Crippen molar-refractivity contribution in [2.45, 2.75) is 37.4 Å². The van der Waals surface area contributed by atoms with Gasteiger partial charge in [-0.1, -0.05) is 0 Å². The highest BCUT2D eigenvalue weighted by molar-refractivity contribution is 6.27. The Labute approximate surface area is 107 Å². The van der Waals surface area contributed by atoms with Crippen LogP contribution in [0.5, 0.6) is 0 Å². The first-order valence-corrected chi connectivity index (χ1v) is 6.73. The molecule has 98 valence electrons. The van der Waals surface area contributed by atoms with Gasteiger partial charge >= 0.3 is 0 Å². The SMILES string of the molecule is CO[C@@H]1CCO[C@]2(CCCN(C(=O)CCl)C2)C1. The fourth-order valence-corrected chi connectivity index (χ4v) is 3.03. The average Bonchev–Trinajstić information content (AvgIpc) is 2.38. The Morgan fingerprint density at radius 1 is 1.65 bits per heavy atom. The van der Waals surface area contributed by atoms with E-state index in [2.05, 4.69) is 0 Å². The summed E-state index contributed by atoms with van der Waals surface area (Å²) < 4.78 is 11.4. The van der Waals surface area contributed by atoms with E-state index >= 15 is 0 Å². The van der Waals surface area contributed by atoms with Crippen LogP contribution in [0.4, 0.5) is 0 Å². The second-order valence-corrected chi connectivity index (χ2v) is 5.20. The van der Waals surface area contributed by atoms with Crippen molar-refractivity contribution >= 4 is 17.5 Å². The Kier molecular flexibility index (Phi) is 4.28. The number of ether oxygens (including phenoxy) is 2. The van der Waals surface area contributed by atoms with Crippen LogP contribution < -0.4 is 0 Å². The molecule has 5 heteroatoms. The first kappa shape index (κ1) is 13.1. The lowest BCUT2D eigenvalue weighted by molar-refractivity contribution is -0.162. The predicted molar refractivity (Wildman–Crippen MR) is 65.2 cm³/mol. The number of likely N-dealkylation sites (tertiary alicyclic amines) is 1. The van der Waals surface area contributed by atoms with Crippen molar-refractivity contribution in [1.29, 1.82) is 0 Å². The van der Waals surface area contributed by atoms with E-state index in [1.54, 1.807) is 7.11 Å². The number of alkyl halides is 1. The number of hydrogen-bond donors (Lipinski definition) is 0. The van der Waals surface area contributed by atoms with E-state index in [4.69, 9.17) is 21.1 Å². The largest absolute Gasteiger partial charge is 0.381 e. The Morgan fingerprint density at radius 3 is 3.18 bits per heavy atom. The minimum atomic E-state index is -0.196. The van der Waals surface area contributed by atoms with Gasteiger partial charge in [-0.05, 0) is 19.3 Å². The molecule has 2 saturated heterocycles. The maximum Gasteiger partial charge on any atom is 0.237 e. The van der Waals surface area contributed by atoms with Gasteiger partial charge in [0.05, 0.1) is 11.7 Å². The molecule has 0 aromatic rings. The molecule has 2 fully saturated rings. The van der Waals surface area contributed by atoms with Crippen molar-refractivity contribution in [2.75, 3.05) is 32.7 Å². The number of carbonyl (C=O) groups is 1. The Bertz CT molecular complexity index is 283. The fourth-order valence-electron chi connectivity index (χ4n) is 2.86. The molecule has 2 aliphatic heterocycles. The number of hydrogen-bond acceptors (Lipinski definition) is 3. The van der Waals surface area contributed by atoms with Crippen LogP contribution in [0.15, 0.2) is 0 Å². The van der Waals surface area contributed by atoms with E-state index < -0.39 is 0 Å². The highest BCUT2D eigenvalue weighted by Gasteiger charge is 2.42. The summed E-state index contributed by atoms with van der Waals surface area (Å²) in [6.45, 7) is 2.19. The first-order valence-electron chi connectivity index (χ1n) is 6.19. The number of rotatable bonds is 2. The maximum absolute atomic E-state index is 11.7. The van der Waals surface area contributed by atoms with E-state index in [0.29, 0.717) is 6.54 Å². The summed E-state index contributed by atoms with van der Waals surface area (Å²) in [5.41, 5.74) is -0.196. The third-order valence-electron chi connectivity index (χ3n) is 3.79. The minimum absolute atomic E-state index is 0.00822. The van der Waals surface area contributed by atoms with Gasteiger partial charge in [-0.25, -0.2) is 0 Å². The van der Waals surface area contributed by atoms with Gasteiger partial charge in [-0.3, -0.25) is 4.79 Å². The summed E-state index contributed by atoms with van der Waals surface area (Å²) in [7, 11) is 1.74. The second kappa shape index (κ2) is 5.55. The van der Waals surface area contributed by atoms with Gasteiger partial charge < -0.3 is 14.4 Å². The van der Waals surface area contributed by atoms with Gasteiger partial charge in [0.25, 0.3) is 0 Å². The molecule has 0 aromatic heterocycles. The highest BCUT2D eigenvalue weighted by atomic mass is 35.5. The lowest BCUT2D eigenvalue weighted by Crippen LogP contribution is -2.55. The van der Waals surface area contributed by atoms with Gasteiger partial charge in [-0.2, -0.15) is 0 Å². The highest BCUT2D eigenvalue weighted by Crippen LogP contribution is 2.34. The third-order valence-corrected chi connectivity index (χ3v) is 4.02. The number of nitrogens with zero attached hydrogens (tertiary/aromatic N) is 1. The van der Waals surface area contributed by atoms with Gasteiger partial charge in [0.2, 0.25) is 5.91 Å². The number of piperidine rings is 1. The van der Waals surface area contributed by atoms with Crippen molar-refractivity contribution in [2.24, 2.45) is 0 Å². The molecule has 0 N–H and O–H groups in total. The Balaban J connectivity index is 2.01. The lowest BCUT2D eigenvalue weighted by atomic mass is 9.84. The van der Waals surface area contributed by atoms with E-state index in [1.165, 1.54) is 0 Å². The maximum atomic E-state index is 11.7. The van der Waals surface area contributed by atoms with Crippen LogP contribution in [-0.2, 0) is 14.3 Å². The molecule has 2 atom stereocenters. The van der Waals surface area contributed by atoms with Crippen molar-refractivity contribution in [3.05, 3.63) is 0 Å². The van der Waals surface area contributed by atoms with Crippen molar-refractivity contribution in [1.82, 2.24) is 4.90 Å². The van der Waals surface area contributed by atoms with Crippen LogP contribution in [0, 0.1) is 0 Å². The standard InChI is InChI=1S/C12H20ClNO3/c1-16-10-3-6-17-12(7-10)4-2-5-14(9-12)11(15)8-13/h10H,2-9H2,1H3/t10-,12-/m1/s1. The normalized spacial score (nSPS) is 34.0. The van der Waals surface area contributed by atoms with Crippen LogP contribution in [0.1, 0.15) is 25.7 Å². The zero-order chi connectivity index (χ0) is 12.3. The third kappa shape index (κ3) is 2.92. The molecular weight excluding hydrogens is 242 g/mol. The zero-order valence-electron chi connectivity index (χ0n) is 10.3. The Morgan fingerprint density at radius 2 is 2.47 bits per heavy atom. The fraction of sp³-hybridized carbons (Fsp3) is 0.917. The first-order chi connectivity index (χ1) is 8.19. The lowest BCUT2D eigenvalue weighted by Gasteiger charge is -2.46. The summed E-state index contributed by atoms with van der Waals surface area (Å²) in [6, 6.07) is 0. The molecule has 2 aliphatic rings. The molecule has 2 rings (SSSR count). The smallest absolute Gasteiger partial charge is 0.237 e. The summed E-state index contributed by atoms with van der Waals surface area (Å²) in [5, 5.41) is 0. The van der Waals surface area contributed by atoms with Gasteiger partial charge in [-0.15, -0.1) is 11.6 Å². The van der Waals surface area contributed by atoms with Crippen molar-refractivity contribution in [3.8, 4) is 0 Å². The summed E-state index contributed by atoms with van der Waals surface area (Å²) in [6.07, 6.45) is 4.09. The number of methoxy groups -OCH3 is 1. The minimum Gasteiger partial charge on any atom is -0.381 e. The number of amides is 1. The van der Waals surface area contributed by atoms with Crippen LogP contribution in [0.2, 0.25) is 0 Å². The van der Waals surface area contributed by atoms with E-state index in [0.717, 1.165) is 38.8 Å². The molecule has 0 bridgehead atoms. The molecule has 17 heavy (non-hydrogen) atoms. The van der Waals surface area contributed by atoms with Gasteiger partial charge in [0, 0.05) is 33.2 Å². The molecule has 0 radical (unpaired) electrons. The summed E-state index contributed by atoms with van der Waals surface area (Å²) in [4.78, 5) is 13.5. The van der Waals surface area contributed by atoms with E-state index in [-0.39, 0.29) is 23.5 Å². The van der Waals surface area contributed by atoms with Gasteiger partial charge in [0.15, 0.2) is 0 Å². The Hall–Kier alpha value is -0.320. The van der Waals surface area contributed by atoms with E-state index in [9.17, 15) is 4.79 Å². The number of halogens is 1. The molecule has 0 aliphatic carbocycles. The van der Waals surface area contributed by atoms with Crippen molar-refractivity contribution < 1.29 is 14.3 Å².